The van der Waals surface area contributed by atoms with E-state index in [0.29, 0.717) is 5.69 Å². The van der Waals surface area contributed by atoms with Crippen LogP contribution in [0.15, 0.2) is 59.5 Å². The maximum absolute atomic E-state index is 12.3. The predicted octanol–water partition coefficient (Wildman–Crippen LogP) is 2.49. The number of esters is 1. The quantitative estimate of drug-likeness (QED) is 0.691. The highest BCUT2D eigenvalue weighted by Crippen LogP contribution is 2.15. The maximum atomic E-state index is 12.3. The summed E-state index contributed by atoms with van der Waals surface area (Å²) in [5.74, 6) is -0.870. The highest BCUT2D eigenvalue weighted by Gasteiger charge is 2.20. The molecule has 0 aromatic heterocycles. The monoisotopic (exact) mass is 404 g/mol. The number of amides is 1. The molecule has 1 amide bonds. The summed E-state index contributed by atoms with van der Waals surface area (Å²) in [4.78, 5) is 23.7. The lowest BCUT2D eigenvalue weighted by molar-refractivity contribution is -0.153. The lowest BCUT2D eigenvalue weighted by Crippen LogP contribution is -2.34. The van der Waals surface area contributed by atoms with Gasteiger partial charge in [0.2, 0.25) is 15.9 Å². The number of hydrogen-bond acceptors (Lipinski definition) is 5. The van der Waals surface area contributed by atoms with Crippen molar-refractivity contribution in [1.29, 1.82) is 0 Å². The molecule has 0 spiro atoms. The van der Waals surface area contributed by atoms with Crippen LogP contribution in [-0.2, 0) is 30.8 Å². The Morgan fingerprint density at radius 1 is 0.964 bits per heavy atom. The smallest absolute Gasteiger partial charge is 0.321 e. The van der Waals surface area contributed by atoms with Crippen molar-refractivity contribution in [3.8, 4) is 0 Å². The molecule has 0 saturated heterocycles. The first-order valence-electron chi connectivity index (χ1n) is 8.70. The Kier molecular flexibility index (Phi) is 6.93. The molecule has 0 radical (unpaired) electrons. The molecule has 2 rings (SSSR count). The van der Waals surface area contributed by atoms with Crippen LogP contribution in [0.1, 0.15) is 26.3 Å². The van der Waals surface area contributed by atoms with E-state index in [1.54, 1.807) is 20.8 Å². The second kappa shape index (κ2) is 8.99. The largest absolute Gasteiger partial charge is 0.459 e. The van der Waals surface area contributed by atoms with Crippen LogP contribution in [0.5, 0.6) is 0 Å². The number of anilines is 1. The highest BCUT2D eigenvalue weighted by atomic mass is 32.2. The molecule has 2 aromatic rings. The van der Waals surface area contributed by atoms with E-state index in [1.165, 1.54) is 24.3 Å². The summed E-state index contributed by atoms with van der Waals surface area (Å²) in [6.07, 6.45) is 0.221. The Morgan fingerprint density at radius 2 is 1.57 bits per heavy atom. The van der Waals surface area contributed by atoms with Gasteiger partial charge in [0.05, 0.1) is 11.3 Å². The molecule has 0 heterocycles. The molecule has 0 atom stereocenters. The Bertz CT molecular complexity index is 917. The maximum Gasteiger partial charge on any atom is 0.321 e. The minimum absolute atomic E-state index is 0.0166. The average Bonchev–Trinajstić information content (AvgIpc) is 2.60. The lowest BCUT2D eigenvalue weighted by atomic mass is 10.1. The van der Waals surface area contributed by atoms with Crippen LogP contribution in [0.25, 0.3) is 0 Å². The molecule has 0 bridgehead atoms. The van der Waals surface area contributed by atoms with Crippen LogP contribution in [0, 0.1) is 0 Å². The third-order valence-electron chi connectivity index (χ3n) is 3.48. The van der Waals surface area contributed by atoms with E-state index >= 15 is 0 Å². The number of hydrogen-bond donors (Lipinski definition) is 2. The normalized spacial score (nSPS) is 11.7. The van der Waals surface area contributed by atoms with Gasteiger partial charge in [0.1, 0.15) is 12.1 Å². The Morgan fingerprint density at radius 3 is 2.14 bits per heavy atom. The third kappa shape index (κ3) is 7.13. The first-order valence-corrected chi connectivity index (χ1v) is 10.2. The van der Waals surface area contributed by atoms with Crippen LogP contribution in [0.2, 0.25) is 0 Å². The number of ether oxygens (including phenoxy) is 1. The van der Waals surface area contributed by atoms with E-state index in [-0.39, 0.29) is 17.2 Å². The number of carbonyl (C=O) groups is 2. The molecule has 0 unspecified atom stereocenters. The van der Waals surface area contributed by atoms with Gasteiger partial charge in [0.25, 0.3) is 0 Å². The molecule has 0 fully saturated rings. The van der Waals surface area contributed by atoms with Gasteiger partial charge in [0, 0.05) is 5.69 Å². The molecule has 2 N–H and O–H groups in total. The number of rotatable bonds is 7. The van der Waals surface area contributed by atoms with Gasteiger partial charge >= 0.3 is 5.97 Å². The number of carbonyl (C=O) groups excluding carboxylic acids is 2. The zero-order valence-electron chi connectivity index (χ0n) is 16.1. The first-order chi connectivity index (χ1) is 13.0. The Labute approximate surface area is 165 Å². The van der Waals surface area contributed by atoms with E-state index in [2.05, 4.69) is 10.0 Å². The summed E-state index contributed by atoms with van der Waals surface area (Å²) < 4.78 is 31.8. The minimum Gasteiger partial charge on any atom is -0.459 e. The van der Waals surface area contributed by atoms with Crippen molar-refractivity contribution in [3.63, 3.8) is 0 Å². The molecule has 150 valence electrons. The van der Waals surface area contributed by atoms with Crippen LogP contribution >= 0.6 is 0 Å². The van der Waals surface area contributed by atoms with E-state index in [0.717, 1.165) is 5.56 Å². The molecule has 0 aliphatic heterocycles. The van der Waals surface area contributed by atoms with Crippen LogP contribution in [0.3, 0.4) is 0 Å². The summed E-state index contributed by atoms with van der Waals surface area (Å²) in [7, 11) is -3.87. The second-order valence-electron chi connectivity index (χ2n) is 7.15. The lowest BCUT2D eigenvalue weighted by Gasteiger charge is -2.19. The molecular formula is C20H24N2O5S. The molecule has 0 aliphatic carbocycles. The number of sulfonamides is 1. The molecule has 0 saturated carbocycles. The number of benzene rings is 2. The molecule has 7 nitrogen and oxygen atoms in total. The molecule has 28 heavy (non-hydrogen) atoms. The second-order valence-corrected chi connectivity index (χ2v) is 8.91. The van der Waals surface area contributed by atoms with Crippen LogP contribution in [0.4, 0.5) is 5.69 Å². The van der Waals surface area contributed by atoms with Gasteiger partial charge in [-0.25, -0.2) is 8.42 Å². The summed E-state index contributed by atoms with van der Waals surface area (Å²) in [6.45, 7) is 4.63. The van der Waals surface area contributed by atoms with Crippen molar-refractivity contribution in [3.05, 3.63) is 60.2 Å². The SMILES string of the molecule is CC(C)(C)OC(=O)CNS(=O)(=O)c1ccc(NC(=O)Cc2ccccc2)cc1. The van der Waals surface area contributed by atoms with Gasteiger partial charge in [0.15, 0.2) is 0 Å². The van der Waals surface area contributed by atoms with Crippen molar-refractivity contribution >= 4 is 27.6 Å². The molecular weight excluding hydrogens is 380 g/mol. The van der Waals surface area contributed by atoms with Crippen molar-refractivity contribution in [1.82, 2.24) is 4.72 Å². The summed E-state index contributed by atoms with van der Waals surface area (Å²) in [5.41, 5.74) is 0.667. The fourth-order valence-electron chi connectivity index (χ4n) is 2.32. The van der Waals surface area contributed by atoms with E-state index < -0.39 is 28.1 Å². The minimum atomic E-state index is -3.87. The summed E-state index contributed by atoms with van der Waals surface area (Å²) in [6, 6.07) is 15.0. The standard InChI is InChI=1S/C20H24N2O5S/c1-20(2,3)27-19(24)14-21-28(25,26)17-11-9-16(10-12-17)22-18(23)13-15-7-5-4-6-8-15/h4-12,21H,13-14H2,1-3H3,(H,22,23). The van der Waals surface area contributed by atoms with Gasteiger partial charge in [-0.05, 0) is 50.6 Å². The summed E-state index contributed by atoms with van der Waals surface area (Å²) >= 11 is 0. The van der Waals surface area contributed by atoms with Crippen LogP contribution in [-0.4, -0.2) is 32.4 Å². The zero-order chi connectivity index (χ0) is 20.8. The third-order valence-corrected chi connectivity index (χ3v) is 4.90. The molecule has 8 heteroatoms. The van der Waals surface area contributed by atoms with Crippen molar-refractivity contribution in [2.45, 2.75) is 37.7 Å². The van der Waals surface area contributed by atoms with Gasteiger partial charge in [-0.15, -0.1) is 0 Å². The zero-order valence-corrected chi connectivity index (χ0v) is 16.9. The van der Waals surface area contributed by atoms with Gasteiger partial charge in [-0.1, -0.05) is 30.3 Å². The van der Waals surface area contributed by atoms with E-state index in [9.17, 15) is 18.0 Å². The highest BCUT2D eigenvalue weighted by molar-refractivity contribution is 7.89. The predicted molar refractivity (Wildman–Crippen MR) is 106 cm³/mol. The molecule has 0 aliphatic rings. The summed E-state index contributed by atoms with van der Waals surface area (Å²) in [5, 5.41) is 2.72. The van der Waals surface area contributed by atoms with Crippen molar-refractivity contribution in [2.75, 3.05) is 11.9 Å². The van der Waals surface area contributed by atoms with E-state index in [4.69, 9.17) is 4.74 Å². The fraction of sp³-hybridized carbons (Fsp3) is 0.300. The number of nitrogens with one attached hydrogen (secondary N) is 2. The van der Waals surface area contributed by atoms with Crippen molar-refractivity contribution < 1.29 is 22.7 Å². The van der Waals surface area contributed by atoms with Gasteiger partial charge in [-0.3, -0.25) is 9.59 Å². The fourth-order valence-corrected chi connectivity index (χ4v) is 3.29. The Balaban J connectivity index is 1.93. The van der Waals surface area contributed by atoms with Crippen molar-refractivity contribution in [2.24, 2.45) is 0 Å². The first kappa shape index (κ1) is 21.6. The van der Waals surface area contributed by atoms with Crippen LogP contribution < -0.4 is 10.0 Å². The van der Waals surface area contributed by atoms with Gasteiger partial charge in [-0.2, -0.15) is 4.72 Å². The Hall–Kier alpha value is -2.71. The van der Waals surface area contributed by atoms with E-state index in [1.807, 2.05) is 30.3 Å². The average molecular weight is 404 g/mol. The molecule has 2 aromatic carbocycles. The topological polar surface area (TPSA) is 102 Å². The van der Waals surface area contributed by atoms with Gasteiger partial charge < -0.3 is 10.1 Å².